The van der Waals surface area contributed by atoms with Gasteiger partial charge in [-0.25, -0.2) is 0 Å². The number of likely N-dealkylation sites (tertiary alicyclic amines) is 1. The molecule has 28 heavy (non-hydrogen) atoms. The van der Waals surface area contributed by atoms with Crippen molar-refractivity contribution < 1.29 is 18.5 Å². The number of amides is 1. The van der Waals surface area contributed by atoms with Crippen molar-refractivity contribution in [2.75, 3.05) is 19.7 Å². The summed E-state index contributed by atoms with van der Waals surface area (Å²) in [5.74, 6) is 1.28. The highest BCUT2D eigenvalue weighted by molar-refractivity contribution is 5.93. The highest BCUT2D eigenvalue weighted by Crippen LogP contribution is 2.26. The fourth-order valence-corrected chi connectivity index (χ4v) is 3.39. The van der Waals surface area contributed by atoms with Crippen molar-refractivity contribution in [1.29, 1.82) is 0 Å². The van der Waals surface area contributed by atoms with E-state index in [-0.39, 0.29) is 11.8 Å². The quantitative estimate of drug-likeness (QED) is 0.583. The molecule has 1 aliphatic rings. The number of ether oxygens (including phenoxy) is 1. The van der Waals surface area contributed by atoms with E-state index in [2.05, 4.69) is 10.1 Å². The van der Waals surface area contributed by atoms with Crippen LogP contribution in [0.25, 0.3) is 0 Å². The lowest BCUT2D eigenvalue weighted by Gasteiger charge is -2.30. The first kappa shape index (κ1) is 18.4. The number of aromatic nitrogens is 2. The Morgan fingerprint density at radius 3 is 2.96 bits per heavy atom. The molecule has 1 fully saturated rings. The van der Waals surface area contributed by atoms with Gasteiger partial charge in [-0.2, -0.15) is 4.98 Å². The molecular formula is C21H23N3O4. The van der Waals surface area contributed by atoms with Crippen molar-refractivity contribution in [2.45, 2.75) is 31.8 Å². The Morgan fingerprint density at radius 1 is 1.25 bits per heavy atom. The second-order valence-corrected chi connectivity index (χ2v) is 6.94. The maximum atomic E-state index is 12.5. The molecule has 7 heteroatoms. The molecular weight excluding hydrogens is 358 g/mol. The van der Waals surface area contributed by atoms with Crippen molar-refractivity contribution in [3.63, 3.8) is 0 Å². The Morgan fingerprint density at radius 2 is 2.14 bits per heavy atom. The van der Waals surface area contributed by atoms with Crippen molar-refractivity contribution >= 4 is 5.91 Å². The minimum Gasteiger partial charge on any atom is -0.472 e. The average molecular weight is 381 g/mol. The smallest absolute Gasteiger partial charge is 0.257 e. The second kappa shape index (κ2) is 8.84. The summed E-state index contributed by atoms with van der Waals surface area (Å²) in [6, 6.07) is 11.7. The monoisotopic (exact) mass is 381 g/mol. The van der Waals surface area contributed by atoms with Crippen LogP contribution in [-0.4, -0.2) is 40.6 Å². The van der Waals surface area contributed by atoms with Crippen LogP contribution in [0.15, 0.2) is 57.9 Å². The Hall–Kier alpha value is -2.93. The Bertz CT molecular complexity index is 876. The van der Waals surface area contributed by atoms with Crippen LogP contribution in [0.2, 0.25) is 0 Å². The molecule has 1 saturated heterocycles. The molecule has 2 aromatic heterocycles. The van der Waals surface area contributed by atoms with Crippen molar-refractivity contribution in [1.82, 2.24) is 15.0 Å². The number of carbonyl (C=O) groups excluding carboxylic acids is 1. The van der Waals surface area contributed by atoms with Gasteiger partial charge in [0, 0.05) is 19.5 Å². The fraction of sp³-hybridized carbons (Fsp3) is 0.381. The zero-order valence-electron chi connectivity index (χ0n) is 15.6. The molecule has 0 aliphatic carbocycles. The fourth-order valence-electron chi connectivity index (χ4n) is 3.39. The van der Waals surface area contributed by atoms with Crippen molar-refractivity contribution in [3.8, 4) is 0 Å². The van der Waals surface area contributed by atoms with Crippen LogP contribution in [0.1, 0.15) is 46.4 Å². The van der Waals surface area contributed by atoms with E-state index in [1.54, 1.807) is 6.07 Å². The lowest BCUT2D eigenvalue weighted by molar-refractivity contribution is 0.0695. The molecule has 146 valence electrons. The van der Waals surface area contributed by atoms with Crippen LogP contribution in [0.5, 0.6) is 0 Å². The molecule has 0 N–H and O–H groups in total. The molecule has 1 atom stereocenters. The lowest BCUT2D eigenvalue weighted by atomic mass is 9.97. The lowest BCUT2D eigenvalue weighted by Crippen LogP contribution is -2.39. The zero-order valence-corrected chi connectivity index (χ0v) is 15.6. The summed E-state index contributed by atoms with van der Waals surface area (Å²) in [6.07, 6.45) is 5.43. The summed E-state index contributed by atoms with van der Waals surface area (Å²) < 4.78 is 16.2. The average Bonchev–Trinajstić information content (AvgIpc) is 3.44. The van der Waals surface area contributed by atoms with Crippen LogP contribution in [0.3, 0.4) is 0 Å². The summed E-state index contributed by atoms with van der Waals surface area (Å²) >= 11 is 0. The minimum atomic E-state index is -0.0208. The number of hydrogen-bond acceptors (Lipinski definition) is 6. The molecule has 0 saturated carbocycles. The van der Waals surface area contributed by atoms with Crippen LogP contribution in [-0.2, 0) is 17.8 Å². The number of benzene rings is 1. The zero-order chi connectivity index (χ0) is 19.2. The summed E-state index contributed by atoms with van der Waals surface area (Å²) in [7, 11) is 0. The Labute approximate surface area is 163 Å². The molecule has 3 aromatic rings. The minimum absolute atomic E-state index is 0.0208. The normalized spacial score (nSPS) is 17.0. The van der Waals surface area contributed by atoms with Gasteiger partial charge in [-0.15, -0.1) is 0 Å². The van der Waals surface area contributed by atoms with Crippen molar-refractivity contribution in [2.24, 2.45) is 0 Å². The third-order valence-electron chi connectivity index (χ3n) is 4.89. The first-order valence-corrected chi connectivity index (χ1v) is 9.55. The Balaban J connectivity index is 1.28. The molecule has 1 aliphatic heterocycles. The van der Waals surface area contributed by atoms with Crippen LogP contribution in [0, 0.1) is 0 Å². The van der Waals surface area contributed by atoms with E-state index in [1.165, 1.54) is 12.5 Å². The van der Waals surface area contributed by atoms with Crippen LogP contribution in [0.4, 0.5) is 0 Å². The van der Waals surface area contributed by atoms with Gasteiger partial charge in [0.05, 0.1) is 31.0 Å². The van der Waals surface area contributed by atoms with E-state index >= 15 is 0 Å². The summed E-state index contributed by atoms with van der Waals surface area (Å²) in [5.41, 5.74) is 1.71. The number of rotatable bonds is 7. The molecule has 0 radical (unpaired) electrons. The molecule has 4 rings (SSSR count). The van der Waals surface area contributed by atoms with Crippen molar-refractivity contribution in [3.05, 3.63) is 71.8 Å². The summed E-state index contributed by atoms with van der Waals surface area (Å²) in [5, 5.41) is 4.07. The molecule has 3 heterocycles. The standard InChI is InChI=1S/C21H23N3O4/c25-21(18-8-11-27-15-18)24-10-4-7-17(13-24)20-22-19(23-28-20)9-12-26-14-16-5-2-1-3-6-16/h1-3,5-6,8,11,15,17H,4,7,9-10,12-14H2. The van der Waals surface area contributed by atoms with Crippen LogP contribution < -0.4 is 0 Å². The molecule has 0 bridgehead atoms. The van der Waals surface area contributed by atoms with E-state index in [9.17, 15) is 4.79 Å². The largest absolute Gasteiger partial charge is 0.472 e. The topological polar surface area (TPSA) is 81.6 Å². The van der Waals surface area contributed by atoms with Gasteiger partial charge in [0.1, 0.15) is 6.26 Å². The maximum absolute atomic E-state index is 12.5. The third kappa shape index (κ3) is 4.48. The van der Waals surface area contributed by atoms with E-state index < -0.39 is 0 Å². The number of hydrogen-bond donors (Lipinski definition) is 0. The predicted molar refractivity (Wildman–Crippen MR) is 101 cm³/mol. The first-order chi connectivity index (χ1) is 13.8. The summed E-state index contributed by atoms with van der Waals surface area (Å²) in [6.45, 7) is 2.41. The predicted octanol–water partition coefficient (Wildman–Crippen LogP) is 3.44. The van der Waals surface area contributed by atoms with Gasteiger partial charge in [0.25, 0.3) is 5.91 Å². The number of piperidine rings is 1. The Kier molecular flexibility index (Phi) is 5.82. The number of furan rings is 1. The number of nitrogens with zero attached hydrogens (tertiary/aromatic N) is 3. The highest BCUT2D eigenvalue weighted by Gasteiger charge is 2.29. The van der Waals surface area contributed by atoms with E-state index in [0.29, 0.717) is 43.5 Å². The molecule has 1 aromatic carbocycles. The van der Waals surface area contributed by atoms with Gasteiger partial charge in [0.15, 0.2) is 5.82 Å². The van der Waals surface area contributed by atoms with E-state index in [0.717, 1.165) is 24.9 Å². The second-order valence-electron chi connectivity index (χ2n) is 6.94. The van der Waals surface area contributed by atoms with Gasteiger partial charge >= 0.3 is 0 Å². The van der Waals surface area contributed by atoms with Gasteiger partial charge in [-0.05, 0) is 24.5 Å². The molecule has 1 unspecified atom stereocenters. The SMILES string of the molecule is O=C(c1ccoc1)N1CCCC(c2nc(CCOCc3ccccc3)no2)C1. The third-order valence-corrected chi connectivity index (χ3v) is 4.89. The molecule has 0 spiro atoms. The van der Waals surface area contributed by atoms with Gasteiger partial charge < -0.3 is 18.6 Å². The van der Waals surface area contributed by atoms with Crippen LogP contribution >= 0.6 is 0 Å². The van der Waals surface area contributed by atoms with Gasteiger partial charge in [0.2, 0.25) is 5.89 Å². The highest BCUT2D eigenvalue weighted by atomic mass is 16.5. The van der Waals surface area contributed by atoms with Gasteiger partial charge in [-0.3, -0.25) is 4.79 Å². The van der Waals surface area contributed by atoms with Gasteiger partial charge in [-0.1, -0.05) is 35.5 Å². The number of carbonyl (C=O) groups is 1. The summed E-state index contributed by atoms with van der Waals surface area (Å²) in [4.78, 5) is 18.9. The first-order valence-electron chi connectivity index (χ1n) is 9.55. The molecule has 1 amide bonds. The van der Waals surface area contributed by atoms with E-state index in [1.807, 2.05) is 35.2 Å². The van der Waals surface area contributed by atoms with E-state index in [4.69, 9.17) is 13.7 Å². The molecule has 7 nitrogen and oxygen atoms in total. The maximum Gasteiger partial charge on any atom is 0.257 e.